The van der Waals surface area contributed by atoms with E-state index in [1.165, 1.54) is 0 Å². The Morgan fingerprint density at radius 2 is 1.70 bits per heavy atom. The van der Waals surface area contributed by atoms with Crippen LogP contribution in [0, 0.1) is 20.2 Å². The van der Waals surface area contributed by atoms with Crippen LogP contribution in [0.1, 0.15) is 23.2 Å². The van der Waals surface area contributed by atoms with E-state index in [1.54, 1.807) is 0 Å². The summed E-state index contributed by atoms with van der Waals surface area (Å²) in [6.45, 7) is 0. The Morgan fingerprint density at radius 3 is 2.09 bits per heavy atom. The molecular weight excluding hydrogens is 314 g/mol. The van der Waals surface area contributed by atoms with Crippen LogP contribution in [0.3, 0.4) is 0 Å². The first-order valence-electron chi connectivity index (χ1n) is 6.17. The van der Waals surface area contributed by atoms with Gasteiger partial charge in [0.25, 0.3) is 17.3 Å². The van der Waals surface area contributed by atoms with E-state index in [0.717, 1.165) is 12.1 Å². The molecule has 1 rings (SSSR count). The van der Waals surface area contributed by atoms with Gasteiger partial charge in [0.05, 0.1) is 21.5 Å². The number of non-ortho nitro benzene ring substituents is 2. The molecule has 0 spiro atoms. The van der Waals surface area contributed by atoms with Gasteiger partial charge in [-0.05, 0) is 6.42 Å². The predicted molar refractivity (Wildman–Crippen MR) is 73.9 cm³/mol. The Morgan fingerprint density at radius 1 is 1.17 bits per heavy atom. The molecule has 11 nitrogen and oxygen atoms in total. The minimum absolute atomic E-state index is 0.119. The molecule has 1 amide bonds. The summed E-state index contributed by atoms with van der Waals surface area (Å²) in [5.41, 5.74) is -1.78. The number of carbonyl (C=O) groups excluding carboxylic acids is 2. The second kappa shape index (κ2) is 7.59. The van der Waals surface area contributed by atoms with Gasteiger partial charge in [-0.2, -0.15) is 0 Å². The van der Waals surface area contributed by atoms with Crippen LogP contribution in [-0.4, -0.2) is 39.2 Å². The van der Waals surface area contributed by atoms with Gasteiger partial charge in [0.15, 0.2) is 0 Å². The zero-order valence-corrected chi connectivity index (χ0v) is 11.5. The maximum absolute atomic E-state index is 12.0. The molecule has 0 heterocycles. The van der Waals surface area contributed by atoms with Gasteiger partial charge in [-0.3, -0.25) is 25.0 Å². The van der Waals surface area contributed by atoms with Gasteiger partial charge in [-0.25, -0.2) is 4.79 Å². The van der Waals surface area contributed by atoms with E-state index in [2.05, 4.69) is 5.32 Å². The third kappa shape index (κ3) is 4.84. The van der Waals surface area contributed by atoms with E-state index in [1.807, 2.05) is 0 Å². The molecule has 1 aromatic carbocycles. The predicted octanol–water partition coefficient (Wildman–Crippen LogP) is 0.665. The molecule has 0 unspecified atom stereocenters. The molecule has 1 aromatic rings. The maximum atomic E-state index is 12.0. The molecule has 0 aliphatic heterocycles. The monoisotopic (exact) mass is 325 g/mol. The fraction of sp³-hybridized carbons (Fsp3) is 0.250. The third-order valence-electron chi connectivity index (χ3n) is 2.76. The maximum Gasteiger partial charge on any atom is 0.326 e. The minimum atomic E-state index is -1.40. The van der Waals surface area contributed by atoms with E-state index in [9.17, 15) is 34.6 Å². The SMILES string of the molecule is O=CCC[C@@H](NC(=O)c1cc([N+](=O)[O-])cc([N+](=O)[O-])c1)C(=O)O. The number of benzene rings is 1. The third-order valence-corrected chi connectivity index (χ3v) is 2.76. The Bertz CT molecular complexity index is 640. The van der Waals surface area contributed by atoms with E-state index < -0.39 is 44.7 Å². The number of nitrogens with zero attached hydrogens (tertiary/aromatic N) is 2. The number of hydrogen-bond acceptors (Lipinski definition) is 7. The lowest BCUT2D eigenvalue weighted by atomic mass is 10.1. The Labute approximate surface area is 128 Å². The van der Waals surface area contributed by atoms with Crippen LogP contribution in [0.4, 0.5) is 11.4 Å². The number of hydrogen-bond donors (Lipinski definition) is 2. The smallest absolute Gasteiger partial charge is 0.326 e. The molecule has 1 atom stereocenters. The van der Waals surface area contributed by atoms with Gasteiger partial charge >= 0.3 is 5.97 Å². The molecule has 2 N–H and O–H groups in total. The number of aldehydes is 1. The summed E-state index contributed by atoms with van der Waals surface area (Å²) in [5.74, 6) is -2.43. The van der Waals surface area contributed by atoms with E-state index >= 15 is 0 Å². The Hall–Kier alpha value is -3.37. The summed E-state index contributed by atoms with van der Waals surface area (Å²) in [5, 5.41) is 32.5. The van der Waals surface area contributed by atoms with Crippen molar-refractivity contribution in [2.24, 2.45) is 0 Å². The molecule has 11 heteroatoms. The van der Waals surface area contributed by atoms with Gasteiger partial charge in [0.1, 0.15) is 12.3 Å². The number of nitrogens with one attached hydrogen (secondary N) is 1. The van der Waals surface area contributed by atoms with E-state index in [0.29, 0.717) is 12.4 Å². The average Bonchev–Trinajstić information content (AvgIpc) is 2.50. The highest BCUT2D eigenvalue weighted by Crippen LogP contribution is 2.22. The van der Waals surface area contributed by atoms with E-state index in [-0.39, 0.29) is 12.8 Å². The fourth-order valence-corrected chi connectivity index (χ4v) is 1.67. The van der Waals surface area contributed by atoms with Crippen molar-refractivity contribution in [2.75, 3.05) is 0 Å². The number of nitro groups is 2. The number of carbonyl (C=O) groups is 3. The van der Waals surface area contributed by atoms with Crippen LogP contribution >= 0.6 is 0 Å². The summed E-state index contributed by atoms with van der Waals surface area (Å²) in [7, 11) is 0. The number of amides is 1. The van der Waals surface area contributed by atoms with Crippen molar-refractivity contribution in [3.05, 3.63) is 44.0 Å². The molecule has 0 radical (unpaired) electrons. The van der Waals surface area contributed by atoms with Crippen molar-refractivity contribution < 1.29 is 29.3 Å². The summed E-state index contributed by atoms with van der Waals surface area (Å²) >= 11 is 0. The zero-order chi connectivity index (χ0) is 17.6. The number of aliphatic carboxylic acids is 1. The topological polar surface area (TPSA) is 170 Å². The number of nitro benzene ring substituents is 2. The minimum Gasteiger partial charge on any atom is -0.480 e. The molecule has 0 aromatic heterocycles. The summed E-state index contributed by atoms with van der Waals surface area (Å²) < 4.78 is 0. The van der Waals surface area contributed by atoms with Crippen LogP contribution in [0.25, 0.3) is 0 Å². The molecule has 0 bridgehead atoms. The molecule has 0 fully saturated rings. The van der Waals surface area contributed by atoms with Gasteiger partial charge in [0, 0.05) is 18.6 Å². The van der Waals surface area contributed by atoms with Crippen molar-refractivity contribution in [2.45, 2.75) is 18.9 Å². The Kier molecular flexibility index (Phi) is 5.83. The molecule has 0 saturated carbocycles. The highest BCUT2D eigenvalue weighted by molar-refractivity contribution is 5.97. The average molecular weight is 325 g/mol. The van der Waals surface area contributed by atoms with Crippen LogP contribution < -0.4 is 5.32 Å². The zero-order valence-electron chi connectivity index (χ0n) is 11.5. The standard InChI is InChI=1S/C12H11N3O8/c16-3-1-2-10(12(18)19)13-11(17)7-4-8(14(20)21)6-9(5-7)15(22)23/h3-6,10H,1-2H2,(H,13,17)(H,18,19)/t10-/m1/s1. The normalized spacial score (nSPS) is 11.3. The molecule has 0 aliphatic rings. The molecule has 0 aliphatic carbocycles. The highest BCUT2D eigenvalue weighted by atomic mass is 16.6. The lowest BCUT2D eigenvalue weighted by Gasteiger charge is -2.13. The molecule has 122 valence electrons. The van der Waals surface area contributed by atoms with Crippen LogP contribution in [-0.2, 0) is 9.59 Å². The lowest BCUT2D eigenvalue weighted by Crippen LogP contribution is -2.40. The van der Waals surface area contributed by atoms with Crippen molar-refractivity contribution >= 4 is 29.5 Å². The number of rotatable bonds is 8. The first-order valence-corrected chi connectivity index (χ1v) is 6.17. The van der Waals surface area contributed by atoms with Crippen molar-refractivity contribution in [1.29, 1.82) is 0 Å². The highest BCUT2D eigenvalue weighted by Gasteiger charge is 2.24. The second-order valence-electron chi connectivity index (χ2n) is 4.36. The Balaban J connectivity index is 3.10. The largest absolute Gasteiger partial charge is 0.480 e. The van der Waals surface area contributed by atoms with Crippen LogP contribution in [0.15, 0.2) is 18.2 Å². The second-order valence-corrected chi connectivity index (χ2v) is 4.36. The van der Waals surface area contributed by atoms with Crippen molar-refractivity contribution in [3.8, 4) is 0 Å². The molecule has 0 saturated heterocycles. The first-order chi connectivity index (χ1) is 10.8. The van der Waals surface area contributed by atoms with Gasteiger partial charge in [-0.1, -0.05) is 0 Å². The molecule has 23 heavy (non-hydrogen) atoms. The van der Waals surface area contributed by atoms with Gasteiger partial charge in [0.2, 0.25) is 0 Å². The number of carboxylic acids is 1. The van der Waals surface area contributed by atoms with E-state index in [4.69, 9.17) is 5.11 Å². The first kappa shape index (κ1) is 17.7. The molecular formula is C12H11N3O8. The number of carboxylic acid groups (broad SMARTS) is 1. The quantitative estimate of drug-likeness (QED) is 0.399. The van der Waals surface area contributed by atoms with Gasteiger partial charge < -0.3 is 15.2 Å². The summed E-state index contributed by atoms with van der Waals surface area (Å²) in [4.78, 5) is 52.9. The van der Waals surface area contributed by atoms with Crippen LogP contribution in [0.2, 0.25) is 0 Å². The van der Waals surface area contributed by atoms with Gasteiger partial charge in [-0.15, -0.1) is 0 Å². The fourth-order valence-electron chi connectivity index (χ4n) is 1.67. The van der Waals surface area contributed by atoms with Crippen molar-refractivity contribution in [3.63, 3.8) is 0 Å². The summed E-state index contributed by atoms with van der Waals surface area (Å²) in [6.07, 6.45) is 0.175. The summed E-state index contributed by atoms with van der Waals surface area (Å²) in [6, 6.07) is 0.866. The van der Waals surface area contributed by atoms with Crippen LogP contribution in [0.5, 0.6) is 0 Å². The lowest BCUT2D eigenvalue weighted by molar-refractivity contribution is -0.394. The van der Waals surface area contributed by atoms with Crippen molar-refractivity contribution in [1.82, 2.24) is 5.32 Å².